The highest BCUT2D eigenvalue weighted by Gasteiger charge is 1.95. The number of hydrogen-bond acceptors (Lipinski definition) is 3. The molecule has 0 aromatic heterocycles. The smallest absolute Gasteiger partial charge is 0.187 e. The van der Waals surface area contributed by atoms with Gasteiger partial charge in [-0.2, -0.15) is 5.10 Å². The van der Waals surface area contributed by atoms with Crippen molar-refractivity contribution in [2.75, 3.05) is 7.11 Å². The second-order valence-corrected chi connectivity index (χ2v) is 4.18. The van der Waals surface area contributed by atoms with Crippen molar-refractivity contribution in [3.63, 3.8) is 0 Å². The van der Waals surface area contributed by atoms with Gasteiger partial charge in [-0.3, -0.25) is 5.43 Å². The van der Waals surface area contributed by atoms with Crippen molar-refractivity contribution in [2.24, 2.45) is 5.10 Å². The average molecular weight is 251 g/mol. The first kappa shape index (κ1) is 13.4. The second-order valence-electron chi connectivity index (χ2n) is 3.77. The molecule has 0 aliphatic rings. The van der Waals surface area contributed by atoms with Crippen LogP contribution in [0.1, 0.15) is 19.4 Å². The molecule has 4 nitrogen and oxygen atoms in total. The highest BCUT2D eigenvalue weighted by atomic mass is 32.1. The van der Waals surface area contributed by atoms with Gasteiger partial charge >= 0.3 is 0 Å². The summed E-state index contributed by atoms with van der Waals surface area (Å²) in [4.78, 5) is 0. The lowest BCUT2D eigenvalue weighted by molar-refractivity contribution is 0.415. The van der Waals surface area contributed by atoms with E-state index >= 15 is 0 Å². The Morgan fingerprint density at radius 1 is 1.47 bits per heavy atom. The number of nitrogens with one attached hydrogen (secondary N) is 2. The van der Waals surface area contributed by atoms with Gasteiger partial charge in [0.1, 0.15) is 5.75 Å². The first-order valence-corrected chi connectivity index (χ1v) is 5.76. The van der Waals surface area contributed by atoms with E-state index in [1.807, 2.05) is 38.1 Å². The molecule has 1 aromatic rings. The second kappa shape index (κ2) is 6.85. The van der Waals surface area contributed by atoms with Crippen LogP contribution in [0.4, 0.5) is 0 Å². The third kappa shape index (κ3) is 5.31. The molecule has 0 atom stereocenters. The van der Waals surface area contributed by atoms with Gasteiger partial charge < -0.3 is 10.1 Å². The number of ether oxygens (including phenoxy) is 1. The largest absolute Gasteiger partial charge is 0.497 e. The summed E-state index contributed by atoms with van der Waals surface area (Å²) in [6.45, 7) is 4.03. The highest BCUT2D eigenvalue weighted by Crippen LogP contribution is 2.10. The van der Waals surface area contributed by atoms with Gasteiger partial charge in [0.2, 0.25) is 0 Å². The lowest BCUT2D eigenvalue weighted by atomic mass is 10.2. The molecule has 0 unspecified atom stereocenters. The van der Waals surface area contributed by atoms with E-state index in [1.54, 1.807) is 13.3 Å². The maximum Gasteiger partial charge on any atom is 0.187 e. The van der Waals surface area contributed by atoms with Crippen LogP contribution in [0.15, 0.2) is 29.4 Å². The molecule has 0 saturated heterocycles. The first-order valence-electron chi connectivity index (χ1n) is 5.35. The maximum atomic E-state index is 5.11. The van der Waals surface area contributed by atoms with Gasteiger partial charge in [0.15, 0.2) is 5.11 Å². The summed E-state index contributed by atoms with van der Waals surface area (Å²) in [7, 11) is 1.64. The lowest BCUT2D eigenvalue weighted by Crippen LogP contribution is -2.36. The van der Waals surface area contributed by atoms with E-state index in [0.717, 1.165) is 11.3 Å². The van der Waals surface area contributed by atoms with Gasteiger partial charge in [-0.15, -0.1) is 0 Å². The summed E-state index contributed by atoms with van der Waals surface area (Å²) < 4.78 is 5.11. The van der Waals surface area contributed by atoms with Crippen LogP contribution >= 0.6 is 12.2 Å². The number of thiocarbonyl (C=S) groups is 1. The van der Waals surface area contributed by atoms with Crippen LogP contribution < -0.4 is 15.5 Å². The van der Waals surface area contributed by atoms with Gasteiger partial charge in [-0.25, -0.2) is 0 Å². The van der Waals surface area contributed by atoms with Gasteiger partial charge in [0.05, 0.1) is 13.3 Å². The SMILES string of the molecule is COc1cccc(C=NNC(=S)NC(C)C)c1. The number of benzene rings is 1. The fourth-order valence-corrected chi connectivity index (χ4v) is 1.47. The fourth-order valence-electron chi connectivity index (χ4n) is 1.18. The van der Waals surface area contributed by atoms with E-state index in [4.69, 9.17) is 17.0 Å². The zero-order chi connectivity index (χ0) is 12.7. The van der Waals surface area contributed by atoms with Crippen molar-refractivity contribution in [3.05, 3.63) is 29.8 Å². The summed E-state index contributed by atoms with van der Waals surface area (Å²) in [6.07, 6.45) is 1.69. The topological polar surface area (TPSA) is 45.6 Å². The van der Waals surface area contributed by atoms with Gasteiger partial charge in [0.25, 0.3) is 0 Å². The molecule has 1 rings (SSSR count). The van der Waals surface area contributed by atoms with Crippen LogP contribution in [0.3, 0.4) is 0 Å². The Morgan fingerprint density at radius 2 is 2.24 bits per heavy atom. The molecule has 0 saturated carbocycles. The zero-order valence-electron chi connectivity index (χ0n) is 10.2. The van der Waals surface area contributed by atoms with E-state index in [0.29, 0.717) is 11.2 Å². The van der Waals surface area contributed by atoms with Crippen molar-refractivity contribution in [2.45, 2.75) is 19.9 Å². The van der Waals surface area contributed by atoms with Crippen molar-refractivity contribution in [1.82, 2.24) is 10.7 Å². The van der Waals surface area contributed by atoms with E-state index in [1.165, 1.54) is 0 Å². The molecular formula is C12H17N3OS. The van der Waals surface area contributed by atoms with Gasteiger partial charge in [-0.05, 0) is 43.8 Å². The Balaban J connectivity index is 2.50. The first-order chi connectivity index (χ1) is 8.11. The van der Waals surface area contributed by atoms with Crippen LogP contribution in [-0.2, 0) is 0 Å². The Bertz CT molecular complexity index is 404. The average Bonchev–Trinajstić information content (AvgIpc) is 2.28. The summed E-state index contributed by atoms with van der Waals surface area (Å²) in [5.74, 6) is 0.803. The fraction of sp³-hybridized carbons (Fsp3) is 0.333. The molecule has 2 N–H and O–H groups in total. The van der Waals surface area contributed by atoms with Crippen LogP contribution in [0.5, 0.6) is 5.75 Å². The van der Waals surface area contributed by atoms with E-state index in [-0.39, 0.29) is 0 Å². The number of methoxy groups -OCH3 is 1. The number of hydrogen-bond donors (Lipinski definition) is 2. The summed E-state index contributed by atoms with van der Waals surface area (Å²) in [6, 6.07) is 7.92. The molecule has 0 bridgehead atoms. The predicted octanol–water partition coefficient (Wildman–Crippen LogP) is 1.90. The minimum absolute atomic E-state index is 0.294. The third-order valence-corrected chi connectivity index (χ3v) is 2.10. The lowest BCUT2D eigenvalue weighted by Gasteiger charge is -2.09. The summed E-state index contributed by atoms with van der Waals surface area (Å²) in [5, 5.41) is 7.58. The molecule has 0 amide bonds. The molecule has 0 fully saturated rings. The van der Waals surface area contributed by atoms with E-state index < -0.39 is 0 Å². The molecule has 0 aliphatic heterocycles. The molecule has 0 spiro atoms. The number of hydrazone groups is 1. The Hall–Kier alpha value is -1.62. The van der Waals surface area contributed by atoms with Crippen molar-refractivity contribution >= 4 is 23.5 Å². The van der Waals surface area contributed by atoms with Crippen LogP contribution in [-0.4, -0.2) is 24.5 Å². The standard InChI is InChI=1S/C12H17N3OS/c1-9(2)14-12(17)15-13-8-10-5-4-6-11(7-10)16-3/h4-9H,1-3H3,(H2,14,15,17). The minimum Gasteiger partial charge on any atom is -0.497 e. The number of rotatable bonds is 4. The van der Waals surface area contributed by atoms with E-state index in [2.05, 4.69) is 15.8 Å². The molecule has 0 heterocycles. The highest BCUT2D eigenvalue weighted by molar-refractivity contribution is 7.80. The Kier molecular flexibility index (Phi) is 5.42. The van der Waals surface area contributed by atoms with Crippen LogP contribution in [0.25, 0.3) is 0 Å². The molecular weight excluding hydrogens is 234 g/mol. The van der Waals surface area contributed by atoms with Gasteiger partial charge in [-0.1, -0.05) is 12.1 Å². The normalized spacial score (nSPS) is 10.6. The van der Waals surface area contributed by atoms with Crippen molar-refractivity contribution in [3.8, 4) is 5.75 Å². The Labute approximate surface area is 107 Å². The molecule has 0 aliphatic carbocycles. The Morgan fingerprint density at radius 3 is 2.88 bits per heavy atom. The molecule has 1 aromatic carbocycles. The molecule has 92 valence electrons. The quantitative estimate of drug-likeness (QED) is 0.487. The van der Waals surface area contributed by atoms with Crippen LogP contribution in [0, 0.1) is 0 Å². The zero-order valence-corrected chi connectivity index (χ0v) is 11.0. The summed E-state index contributed by atoms with van der Waals surface area (Å²) >= 11 is 5.03. The van der Waals surface area contributed by atoms with E-state index in [9.17, 15) is 0 Å². The molecule has 0 radical (unpaired) electrons. The van der Waals surface area contributed by atoms with Crippen molar-refractivity contribution in [1.29, 1.82) is 0 Å². The van der Waals surface area contributed by atoms with Crippen LogP contribution in [0.2, 0.25) is 0 Å². The molecule has 17 heavy (non-hydrogen) atoms. The van der Waals surface area contributed by atoms with Gasteiger partial charge in [0, 0.05) is 6.04 Å². The van der Waals surface area contributed by atoms with Crippen molar-refractivity contribution < 1.29 is 4.74 Å². The predicted molar refractivity (Wildman–Crippen MR) is 74.6 cm³/mol. The monoisotopic (exact) mass is 251 g/mol. The summed E-state index contributed by atoms with van der Waals surface area (Å²) in [5.41, 5.74) is 3.70. The number of nitrogens with zero attached hydrogens (tertiary/aromatic N) is 1. The third-order valence-electron chi connectivity index (χ3n) is 1.89. The maximum absolute atomic E-state index is 5.11. The molecule has 5 heteroatoms. The minimum atomic E-state index is 0.294.